The zero-order valence-electron chi connectivity index (χ0n) is 16.7. The van der Waals surface area contributed by atoms with Gasteiger partial charge in [-0.15, -0.1) is 4.83 Å². The monoisotopic (exact) mass is 412 g/mol. The van der Waals surface area contributed by atoms with E-state index < -0.39 is 16.0 Å². The Balaban J connectivity index is 1.86. The van der Waals surface area contributed by atoms with E-state index in [4.69, 9.17) is 4.74 Å². The van der Waals surface area contributed by atoms with Gasteiger partial charge >= 0.3 is 5.97 Å². The predicted molar refractivity (Wildman–Crippen MR) is 104 cm³/mol. The molecule has 9 heteroatoms. The van der Waals surface area contributed by atoms with Gasteiger partial charge in [-0.3, -0.25) is 10.2 Å². The van der Waals surface area contributed by atoms with E-state index in [0.29, 0.717) is 18.6 Å². The van der Waals surface area contributed by atoms with Crippen LogP contribution < -0.4 is 15.2 Å². The van der Waals surface area contributed by atoms with E-state index in [-0.39, 0.29) is 29.4 Å². The maximum atomic E-state index is 12.3. The Morgan fingerprint density at radius 1 is 1.14 bits per heavy atom. The molecule has 0 spiro atoms. The van der Waals surface area contributed by atoms with Crippen molar-refractivity contribution < 1.29 is 27.6 Å². The lowest BCUT2D eigenvalue weighted by atomic mass is 9.97. The number of quaternary nitrogens is 1. The number of hydrogen-bond acceptors (Lipinski definition) is 5. The number of carbonyl (C=O) groups excluding carboxylic acids is 2. The summed E-state index contributed by atoms with van der Waals surface area (Å²) in [4.78, 5) is 27.1. The van der Waals surface area contributed by atoms with Gasteiger partial charge in [0.15, 0.2) is 0 Å². The number of likely N-dealkylation sites (tertiary alicyclic amines) is 1. The van der Waals surface area contributed by atoms with Crippen molar-refractivity contribution in [3.05, 3.63) is 29.8 Å². The van der Waals surface area contributed by atoms with Crippen molar-refractivity contribution in [2.45, 2.75) is 63.4 Å². The van der Waals surface area contributed by atoms with E-state index in [9.17, 15) is 18.0 Å². The van der Waals surface area contributed by atoms with E-state index in [1.807, 2.05) is 0 Å². The summed E-state index contributed by atoms with van der Waals surface area (Å²) >= 11 is 0. The molecule has 2 atom stereocenters. The van der Waals surface area contributed by atoms with Crippen molar-refractivity contribution in [2.75, 3.05) is 13.2 Å². The molecular weight excluding hydrogens is 382 g/mol. The molecule has 0 aromatic heterocycles. The normalized spacial score (nSPS) is 20.5. The molecular formula is C19H30N3O5S+. The molecule has 1 amide bonds. The fourth-order valence-corrected chi connectivity index (χ4v) is 4.43. The molecule has 1 saturated heterocycles. The zero-order valence-corrected chi connectivity index (χ0v) is 17.5. The van der Waals surface area contributed by atoms with Crippen molar-refractivity contribution in [1.82, 2.24) is 10.3 Å². The van der Waals surface area contributed by atoms with Gasteiger partial charge in [-0.05, 0) is 64.3 Å². The number of piperidine rings is 1. The third-order valence-corrected chi connectivity index (χ3v) is 6.45. The van der Waals surface area contributed by atoms with Crippen LogP contribution in [0.2, 0.25) is 0 Å². The van der Waals surface area contributed by atoms with Gasteiger partial charge in [0.2, 0.25) is 5.91 Å². The van der Waals surface area contributed by atoms with Crippen molar-refractivity contribution in [1.29, 1.82) is 0 Å². The highest BCUT2D eigenvalue weighted by Gasteiger charge is 2.28. The third kappa shape index (κ3) is 6.02. The molecule has 8 nitrogen and oxygen atoms in total. The number of sulfonamides is 1. The molecule has 0 bridgehead atoms. The first kappa shape index (κ1) is 22.3. The minimum Gasteiger partial charge on any atom is -0.462 e. The quantitative estimate of drug-likeness (QED) is 0.424. The molecule has 0 radical (unpaired) electrons. The highest BCUT2D eigenvalue weighted by Crippen LogP contribution is 2.11. The Hall–Kier alpha value is -1.97. The molecule has 1 aliphatic rings. The maximum absolute atomic E-state index is 12.3. The highest BCUT2D eigenvalue weighted by molar-refractivity contribution is 7.89. The number of amides is 1. The fraction of sp³-hybridized carbons (Fsp3) is 0.579. The lowest BCUT2D eigenvalue weighted by Crippen LogP contribution is -3.19. The Morgan fingerprint density at radius 3 is 2.32 bits per heavy atom. The first-order valence-electron chi connectivity index (χ1n) is 9.68. The van der Waals surface area contributed by atoms with Gasteiger partial charge in [-0.25, -0.2) is 13.2 Å². The molecule has 3 N–H and O–H groups in total. The fourth-order valence-electron chi connectivity index (χ4n) is 3.57. The molecule has 0 aliphatic carbocycles. The molecule has 2 rings (SSSR count). The summed E-state index contributed by atoms with van der Waals surface area (Å²) in [5.74, 6) is -0.888. The van der Waals surface area contributed by atoms with Crippen molar-refractivity contribution in [3.63, 3.8) is 0 Å². The Kier molecular flexibility index (Phi) is 7.97. The molecule has 1 fully saturated rings. The Morgan fingerprint density at radius 2 is 1.75 bits per heavy atom. The molecule has 1 aromatic rings. The molecule has 0 saturated carbocycles. The van der Waals surface area contributed by atoms with Crippen LogP contribution in [0.3, 0.4) is 0 Å². The minimum absolute atomic E-state index is 0.0512. The molecule has 1 heterocycles. The minimum atomic E-state index is -3.92. The van der Waals surface area contributed by atoms with Gasteiger partial charge in [0.1, 0.15) is 0 Å². The van der Waals surface area contributed by atoms with Gasteiger partial charge < -0.3 is 9.64 Å². The topological polar surface area (TPSA) is 106 Å². The number of esters is 1. The summed E-state index contributed by atoms with van der Waals surface area (Å²) in [5.41, 5.74) is 2.53. The van der Waals surface area contributed by atoms with E-state index in [1.165, 1.54) is 35.6 Å². The number of nitrogens with one attached hydrogen (secondary N) is 3. The van der Waals surface area contributed by atoms with Crippen LogP contribution in [0.15, 0.2) is 29.2 Å². The molecule has 0 unspecified atom stereocenters. The van der Waals surface area contributed by atoms with Gasteiger partial charge in [-0.2, -0.15) is 0 Å². The van der Waals surface area contributed by atoms with Crippen molar-refractivity contribution in [3.8, 4) is 0 Å². The lowest BCUT2D eigenvalue weighted by molar-refractivity contribution is -0.950. The van der Waals surface area contributed by atoms with Crippen LogP contribution in [-0.2, 0) is 19.6 Å². The Bertz CT molecular complexity index is 769. The number of rotatable bonds is 8. The van der Waals surface area contributed by atoms with Crippen LogP contribution in [0.1, 0.15) is 56.8 Å². The average molecular weight is 413 g/mol. The van der Waals surface area contributed by atoms with Crippen LogP contribution in [0.25, 0.3) is 0 Å². The third-order valence-electron chi connectivity index (χ3n) is 5.18. The number of hydrogen-bond donors (Lipinski definition) is 3. The average Bonchev–Trinajstić information content (AvgIpc) is 2.66. The van der Waals surface area contributed by atoms with Gasteiger partial charge in [0, 0.05) is 0 Å². The highest BCUT2D eigenvalue weighted by atomic mass is 32.2. The second-order valence-corrected chi connectivity index (χ2v) is 8.89. The molecule has 1 aromatic carbocycles. The summed E-state index contributed by atoms with van der Waals surface area (Å²) in [6.07, 6.45) is 3.76. The zero-order chi connectivity index (χ0) is 20.7. The smallest absolute Gasteiger partial charge is 0.338 e. The van der Waals surface area contributed by atoms with Crippen LogP contribution in [0, 0.1) is 0 Å². The van der Waals surface area contributed by atoms with E-state index in [2.05, 4.69) is 24.1 Å². The van der Waals surface area contributed by atoms with Crippen LogP contribution in [0.4, 0.5) is 0 Å². The first-order valence-corrected chi connectivity index (χ1v) is 11.2. The van der Waals surface area contributed by atoms with Crippen molar-refractivity contribution >= 4 is 21.9 Å². The maximum Gasteiger partial charge on any atom is 0.338 e. The standard InChI is InChI=1S/C19H29N3O5S/c1-4-27-19(24)16-8-10-17(11-9-16)28(25,26)21-20-18(23)12-13-22-14(2)6-5-7-15(22)3/h8-11,14-15,21H,4-7,12-13H2,1-3H3,(H,20,23)/p+1/t14-,15-/m1/s1. The Labute approximate surface area is 166 Å². The van der Waals surface area contributed by atoms with E-state index in [1.54, 1.807) is 6.92 Å². The number of ether oxygens (including phenoxy) is 1. The van der Waals surface area contributed by atoms with Gasteiger partial charge in [-0.1, -0.05) is 0 Å². The molecule has 28 heavy (non-hydrogen) atoms. The molecule has 1 aliphatic heterocycles. The van der Waals surface area contributed by atoms with Gasteiger partial charge in [0.05, 0.1) is 42.1 Å². The van der Waals surface area contributed by atoms with E-state index in [0.717, 1.165) is 12.8 Å². The molecule has 156 valence electrons. The summed E-state index contributed by atoms with van der Waals surface area (Å²) in [7, 11) is -3.92. The predicted octanol–water partition coefficient (Wildman–Crippen LogP) is 0.409. The van der Waals surface area contributed by atoms with Crippen LogP contribution >= 0.6 is 0 Å². The summed E-state index contributed by atoms with van der Waals surface area (Å²) in [5, 5.41) is 0. The van der Waals surface area contributed by atoms with Crippen LogP contribution in [0.5, 0.6) is 0 Å². The number of benzene rings is 1. The number of hydrazine groups is 1. The summed E-state index contributed by atoms with van der Waals surface area (Å²) in [6.45, 7) is 6.97. The number of carbonyl (C=O) groups is 2. The lowest BCUT2D eigenvalue weighted by Gasteiger charge is -2.35. The second-order valence-electron chi connectivity index (χ2n) is 7.21. The van der Waals surface area contributed by atoms with Crippen LogP contribution in [-0.4, -0.2) is 45.5 Å². The second kappa shape index (κ2) is 9.99. The van der Waals surface area contributed by atoms with Gasteiger partial charge in [0.25, 0.3) is 10.0 Å². The largest absolute Gasteiger partial charge is 0.462 e. The van der Waals surface area contributed by atoms with E-state index >= 15 is 0 Å². The van der Waals surface area contributed by atoms with Crippen molar-refractivity contribution in [2.24, 2.45) is 0 Å². The summed E-state index contributed by atoms with van der Waals surface area (Å²) < 4.78 is 29.5. The SMILES string of the molecule is CCOC(=O)c1ccc(S(=O)(=O)NNC(=O)CC[NH+]2[C@H](C)CCC[C@H]2C)cc1. The first-order chi connectivity index (χ1) is 13.2. The summed E-state index contributed by atoms with van der Waals surface area (Å²) in [6, 6.07) is 6.34.